The van der Waals surface area contributed by atoms with Gasteiger partial charge >= 0.3 is 0 Å². The molecule has 1 aromatic heterocycles. The van der Waals surface area contributed by atoms with Crippen molar-refractivity contribution in [3.63, 3.8) is 0 Å². The quantitative estimate of drug-likeness (QED) is 0.817. The number of phenols is 1. The van der Waals surface area contributed by atoms with E-state index in [9.17, 15) is 5.11 Å². The first kappa shape index (κ1) is 19.1. The molecule has 27 heavy (non-hydrogen) atoms. The van der Waals surface area contributed by atoms with Gasteiger partial charge in [-0.3, -0.25) is 4.98 Å². The number of allylic oxidation sites excluding steroid dienone is 4. The molecule has 1 N–H and O–H groups in total. The Labute approximate surface area is 161 Å². The predicted molar refractivity (Wildman–Crippen MR) is 111 cm³/mol. The maximum Gasteiger partial charge on any atom is 0.117 e. The summed E-state index contributed by atoms with van der Waals surface area (Å²) in [5.41, 5.74) is 4.53. The zero-order valence-corrected chi connectivity index (χ0v) is 16.4. The second kappa shape index (κ2) is 8.35. The van der Waals surface area contributed by atoms with Gasteiger partial charge in [-0.15, -0.1) is 0 Å². The minimum atomic E-state index is 0.199. The minimum absolute atomic E-state index is 0.199. The van der Waals surface area contributed by atoms with Gasteiger partial charge in [0.15, 0.2) is 0 Å². The lowest BCUT2D eigenvalue weighted by Gasteiger charge is -2.37. The Morgan fingerprint density at radius 3 is 2.74 bits per heavy atom. The van der Waals surface area contributed by atoms with Crippen LogP contribution in [0.25, 0.3) is 17.1 Å². The van der Waals surface area contributed by atoms with E-state index in [1.165, 1.54) is 18.5 Å². The van der Waals surface area contributed by atoms with E-state index in [2.05, 4.69) is 47.4 Å². The van der Waals surface area contributed by atoms with Crippen molar-refractivity contribution in [2.75, 3.05) is 27.2 Å². The smallest absolute Gasteiger partial charge is 0.117 e. The van der Waals surface area contributed by atoms with Crippen molar-refractivity contribution in [1.82, 2.24) is 19.8 Å². The Morgan fingerprint density at radius 1 is 1.30 bits per heavy atom. The molecule has 1 saturated heterocycles. The number of hydrogen-bond acceptors (Lipinski definition) is 5. The average Bonchev–Trinajstić information content (AvgIpc) is 2.68. The topological polar surface area (TPSA) is 52.5 Å². The second-order valence-electron chi connectivity index (χ2n) is 7.19. The highest BCUT2D eigenvalue weighted by molar-refractivity contribution is 5.76. The van der Waals surface area contributed by atoms with Crippen LogP contribution in [0.15, 0.2) is 54.4 Å². The summed E-state index contributed by atoms with van der Waals surface area (Å²) < 4.78 is 0. The van der Waals surface area contributed by atoms with Crippen LogP contribution in [-0.2, 0) is 0 Å². The molecule has 0 bridgehead atoms. The molecule has 5 nitrogen and oxygen atoms in total. The first-order valence-corrected chi connectivity index (χ1v) is 9.36. The van der Waals surface area contributed by atoms with E-state index < -0.39 is 0 Å². The van der Waals surface area contributed by atoms with Gasteiger partial charge in [0.25, 0.3) is 0 Å². The largest absolute Gasteiger partial charge is 0.508 e. The van der Waals surface area contributed by atoms with Gasteiger partial charge in [-0.2, -0.15) is 0 Å². The van der Waals surface area contributed by atoms with E-state index in [1.54, 1.807) is 24.4 Å². The van der Waals surface area contributed by atoms with E-state index in [0.717, 1.165) is 29.9 Å². The van der Waals surface area contributed by atoms with Gasteiger partial charge in [0.1, 0.15) is 5.75 Å². The fraction of sp³-hybridized carbons (Fsp3) is 0.364. The highest BCUT2D eigenvalue weighted by atomic mass is 16.3. The summed E-state index contributed by atoms with van der Waals surface area (Å²) in [5, 5.41) is 9.54. The maximum atomic E-state index is 9.54. The maximum absolute atomic E-state index is 9.54. The summed E-state index contributed by atoms with van der Waals surface area (Å²) in [6.45, 7) is 8.42. The van der Waals surface area contributed by atoms with Gasteiger partial charge in [0.2, 0.25) is 0 Å². The molecular formula is C22H28N4O. The van der Waals surface area contributed by atoms with Crippen LogP contribution >= 0.6 is 0 Å². The molecule has 1 aliphatic heterocycles. The third-order valence-electron chi connectivity index (χ3n) is 5.38. The van der Waals surface area contributed by atoms with Crippen molar-refractivity contribution in [2.24, 2.45) is 0 Å². The fourth-order valence-corrected chi connectivity index (χ4v) is 3.46. The Hall–Kier alpha value is -2.66. The molecule has 0 amide bonds. The molecule has 142 valence electrons. The van der Waals surface area contributed by atoms with E-state index in [1.807, 2.05) is 18.2 Å². The third-order valence-corrected chi connectivity index (χ3v) is 5.38. The Balaban J connectivity index is 1.79. The molecule has 1 aliphatic rings. The van der Waals surface area contributed by atoms with Crippen LogP contribution < -0.4 is 0 Å². The zero-order chi connectivity index (χ0) is 19.4. The minimum Gasteiger partial charge on any atom is -0.508 e. The molecule has 0 atom stereocenters. The van der Waals surface area contributed by atoms with Gasteiger partial charge < -0.3 is 14.9 Å². The average molecular weight is 364 g/mol. The van der Waals surface area contributed by atoms with Gasteiger partial charge in [0, 0.05) is 24.9 Å². The number of rotatable bonds is 5. The first-order valence-electron chi connectivity index (χ1n) is 9.36. The lowest BCUT2D eigenvalue weighted by atomic mass is 10.0. The number of likely N-dealkylation sites (tertiary alicyclic amines) is 1. The second-order valence-corrected chi connectivity index (χ2v) is 7.19. The van der Waals surface area contributed by atoms with Crippen molar-refractivity contribution in [1.29, 1.82) is 0 Å². The van der Waals surface area contributed by atoms with Crippen LogP contribution in [0.2, 0.25) is 0 Å². The lowest BCUT2D eigenvalue weighted by molar-refractivity contribution is 0.170. The van der Waals surface area contributed by atoms with Crippen molar-refractivity contribution in [2.45, 2.75) is 25.8 Å². The Morgan fingerprint density at radius 2 is 2.04 bits per heavy atom. The molecule has 3 rings (SSSR count). The zero-order valence-electron chi connectivity index (χ0n) is 16.4. The number of piperidine rings is 1. The Kier molecular flexibility index (Phi) is 5.91. The summed E-state index contributed by atoms with van der Waals surface area (Å²) in [7, 11) is 4.35. The molecule has 0 saturated carbocycles. The molecule has 0 radical (unpaired) electrons. The molecule has 2 aromatic rings. The van der Waals surface area contributed by atoms with Gasteiger partial charge in [-0.25, -0.2) is 4.98 Å². The molecule has 0 aliphatic carbocycles. The fourth-order valence-electron chi connectivity index (χ4n) is 3.46. The predicted octanol–water partition coefficient (Wildman–Crippen LogP) is 3.83. The van der Waals surface area contributed by atoms with E-state index in [4.69, 9.17) is 0 Å². The summed E-state index contributed by atoms with van der Waals surface area (Å²) in [6.07, 6.45) is 9.98. The van der Waals surface area contributed by atoms with Crippen molar-refractivity contribution in [3.05, 3.63) is 60.1 Å². The van der Waals surface area contributed by atoms with Crippen molar-refractivity contribution < 1.29 is 5.11 Å². The molecule has 0 unspecified atom stereocenters. The van der Waals surface area contributed by atoms with Gasteiger partial charge in [-0.05, 0) is 63.7 Å². The SMILES string of the molecule is C=CC(/C=C/c1cnc2cc(O)ccc2n1)=C(/C)N(C)C1CCN(C)CC1. The van der Waals surface area contributed by atoms with Crippen LogP contribution in [0.3, 0.4) is 0 Å². The summed E-state index contributed by atoms with van der Waals surface area (Å²) in [6, 6.07) is 5.59. The number of fused-ring (bicyclic) bond motifs is 1. The molecule has 1 aromatic carbocycles. The Bertz CT molecular complexity index is 879. The lowest BCUT2D eigenvalue weighted by Crippen LogP contribution is -2.41. The number of aromatic nitrogens is 2. The van der Waals surface area contributed by atoms with Crippen molar-refractivity contribution in [3.8, 4) is 5.75 Å². The van der Waals surface area contributed by atoms with E-state index in [-0.39, 0.29) is 5.75 Å². The summed E-state index contributed by atoms with van der Waals surface area (Å²) >= 11 is 0. The summed E-state index contributed by atoms with van der Waals surface area (Å²) in [4.78, 5) is 13.7. The van der Waals surface area contributed by atoms with Crippen LogP contribution in [0.4, 0.5) is 0 Å². The standard InChI is InChI=1S/C22H28N4O/c1-5-17(16(2)26(4)19-10-12-25(3)13-11-19)6-7-18-15-23-22-14-20(27)8-9-21(22)24-18/h5-9,14-15,19,27H,1,10-13H2,2-4H3/b7-6+,17-16+. The summed E-state index contributed by atoms with van der Waals surface area (Å²) in [5.74, 6) is 0.199. The highest BCUT2D eigenvalue weighted by Crippen LogP contribution is 2.22. The van der Waals surface area contributed by atoms with Gasteiger partial charge in [0.05, 0.1) is 22.9 Å². The van der Waals surface area contributed by atoms with E-state index >= 15 is 0 Å². The third kappa shape index (κ3) is 4.55. The van der Waals surface area contributed by atoms with E-state index in [0.29, 0.717) is 11.6 Å². The molecule has 1 fully saturated rings. The molecule has 0 spiro atoms. The monoisotopic (exact) mass is 364 g/mol. The van der Waals surface area contributed by atoms with Crippen LogP contribution in [0, 0.1) is 0 Å². The highest BCUT2D eigenvalue weighted by Gasteiger charge is 2.21. The van der Waals surface area contributed by atoms with Gasteiger partial charge in [-0.1, -0.05) is 18.7 Å². The number of aromatic hydroxyl groups is 1. The number of hydrogen-bond donors (Lipinski definition) is 1. The van der Waals surface area contributed by atoms with Crippen LogP contribution in [0.1, 0.15) is 25.5 Å². The number of benzene rings is 1. The van der Waals surface area contributed by atoms with Crippen molar-refractivity contribution >= 4 is 17.1 Å². The molecule has 5 heteroatoms. The molecular weight excluding hydrogens is 336 g/mol. The van der Waals surface area contributed by atoms with Crippen LogP contribution in [-0.4, -0.2) is 58.1 Å². The first-order chi connectivity index (χ1) is 13.0. The number of nitrogens with zero attached hydrogens (tertiary/aromatic N) is 4. The number of phenolic OH excluding ortho intramolecular Hbond substituents is 1. The molecule has 2 heterocycles. The van der Waals surface area contributed by atoms with Crippen LogP contribution in [0.5, 0.6) is 5.75 Å². The normalized spacial score (nSPS) is 17.3.